The van der Waals surface area contributed by atoms with Gasteiger partial charge in [0.25, 0.3) is 5.91 Å². The second-order valence-electron chi connectivity index (χ2n) is 6.35. The minimum atomic E-state index is -3.59. The molecular weight excluding hydrogens is 366 g/mol. The van der Waals surface area contributed by atoms with Crippen molar-refractivity contribution in [3.8, 4) is 0 Å². The Morgan fingerprint density at radius 3 is 2.04 bits per heavy atom. The molecule has 2 amide bonds. The molecule has 0 heterocycles. The molecule has 0 spiro atoms. The number of benzene rings is 2. The molecule has 3 N–H and O–H groups in total. The van der Waals surface area contributed by atoms with Gasteiger partial charge in [-0.25, -0.2) is 13.1 Å². The SMILES string of the molecule is CC(C)NS(=O)(=O)c1ccc(NC(=O)C(C)NC(=O)c2ccccc2)cc1. The second-order valence-corrected chi connectivity index (χ2v) is 8.06. The first-order valence-corrected chi connectivity index (χ1v) is 9.96. The Morgan fingerprint density at radius 2 is 1.48 bits per heavy atom. The molecule has 1 unspecified atom stereocenters. The van der Waals surface area contributed by atoms with Crippen LogP contribution in [-0.4, -0.2) is 32.3 Å². The number of carbonyl (C=O) groups is 2. The first-order chi connectivity index (χ1) is 12.7. The highest BCUT2D eigenvalue weighted by molar-refractivity contribution is 7.89. The number of anilines is 1. The van der Waals surface area contributed by atoms with Crippen LogP contribution < -0.4 is 15.4 Å². The van der Waals surface area contributed by atoms with Crippen LogP contribution in [0.25, 0.3) is 0 Å². The zero-order chi connectivity index (χ0) is 20.0. The molecule has 0 aliphatic heterocycles. The maximum Gasteiger partial charge on any atom is 0.251 e. The average molecular weight is 389 g/mol. The van der Waals surface area contributed by atoms with Crippen LogP contribution in [0.4, 0.5) is 5.69 Å². The maximum absolute atomic E-state index is 12.3. The Bertz CT molecular complexity index is 894. The fraction of sp³-hybridized carbons (Fsp3) is 0.263. The van der Waals surface area contributed by atoms with E-state index < -0.39 is 22.0 Å². The molecule has 0 aromatic heterocycles. The van der Waals surface area contributed by atoms with Gasteiger partial charge in [-0.15, -0.1) is 0 Å². The van der Waals surface area contributed by atoms with Gasteiger partial charge in [0.2, 0.25) is 15.9 Å². The van der Waals surface area contributed by atoms with Crippen molar-refractivity contribution in [2.75, 3.05) is 5.32 Å². The van der Waals surface area contributed by atoms with Crippen LogP contribution in [0.2, 0.25) is 0 Å². The van der Waals surface area contributed by atoms with Gasteiger partial charge in [-0.2, -0.15) is 0 Å². The van der Waals surface area contributed by atoms with Gasteiger partial charge in [0.05, 0.1) is 4.90 Å². The van der Waals surface area contributed by atoms with E-state index in [4.69, 9.17) is 0 Å². The minimum Gasteiger partial charge on any atom is -0.341 e. The lowest BCUT2D eigenvalue weighted by Gasteiger charge is -2.15. The van der Waals surface area contributed by atoms with Gasteiger partial charge in [0, 0.05) is 17.3 Å². The topological polar surface area (TPSA) is 104 Å². The Hall–Kier alpha value is -2.71. The van der Waals surface area contributed by atoms with Gasteiger partial charge in [-0.1, -0.05) is 18.2 Å². The summed E-state index contributed by atoms with van der Waals surface area (Å²) in [6, 6.07) is 13.4. The number of nitrogens with one attached hydrogen (secondary N) is 3. The van der Waals surface area contributed by atoms with Crippen molar-refractivity contribution in [2.24, 2.45) is 0 Å². The minimum absolute atomic E-state index is 0.111. The Balaban J connectivity index is 1.98. The molecule has 2 aromatic rings. The lowest BCUT2D eigenvalue weighted by molar-refractivity contribution is -0.117. The first-order valence-electron chi connectivity index (χ1n) is 8.48. The summed E-state index contributed by atoms with van der Waals surface area (Å²) in [5.74, 6) is -0.755. The predicted molar refractivity (Wildman–Crippen MR) is 104 cm³/mol. The summed E-state index contributed by atoms with van der Waals surface area (Å²) in [7, 11) is -3.59. The fourth-order valence-corrected chi connectivity index (χ4v) is 3.53. The van der Waals surface area contributed by atoms with E-state index in [-0.39, 0.29) is 16.8 Å². The van der Waals surface area contributed by atoms with Crippen molar-refractivity contribution in [3.63, 3.8) is 0 Å². The standard InChI is InChI=1S/C19H23N3O4S/c1-13(2)22-27(25,26)17-11-9-16(10-12-17)21-18(23)14(3)20-19(24)15-7-5-4-6-8-15/h4-14,22H,1-3H3,(H,20,24)(H,21,23). The van der Waals surface area contributed by atoms with E-state index in [2.05, 4.69) is 15.4 Å². The molecular formula is C19H23N3O4S. The summed E-state index contributed by atoms with van der Waals surface area (Å²) >= 11 is 0. The van der Waals surface area contributed by atoms with Crippen LogP contribution in [0.3, 0.4) is 0 Å². The molecule has 0 radical (unpaired) electrons. The monoisotopic (exact) mass is 389 g/mol. The summed E-state index contributed by atoms with van der Waals surface area (Å²) in [5, 5.41) is 5.27. The quantitative estimate of drug-likeness (QED) is 0.675. The second kappa shape index (κ2) is 8.79. The van der Waals surface area contributed by atoms with Crippen molar-refractivity contribution < 1.29 is 18.0 Å². The highest BCUT2D eigenvalue weighted by atomic mass is 32.2. The first kappa shape index (κ1) is 20.6. The lowest BCUT2D eigenvalue weighted by Crippen LogP contribution is -2.41. The highest BCUT2D eigenvalue weighted by Crippen LogP contribution is 2.14. The summed E-state index contributed by atoms with van der Waals surface area (Å²) in [4.78, 5) is 24.5. The van der Waals surface area contributed by atoms with E-state index in [9.17, 15) is 18.0 Å². The van der Waals surface area contributed by atoms with E-state index in [1.54, 1.807) is 51.1 Å². The van der Waals surface area contributed by atoms with Gasteiger partial charge in [0.1, 0.15) is 6.04 Å². The van der Waals surface area contributed by atoms with Crippen LogP contribution in [0.15, 0.2) is 59.5 Å². The zero-order valence-electron chi connectivity index (χ0n) is 15.4. The van der Waals surface area contributed by atoms with Crippen LogP contribution in [-0.2, 0) is 14.8 Å². The molecule has 7 nitrogen and oxygen atoms in total. The molecule has 8 heteroatoms. The molecule has 144 valence electrons. The molecule has 0 saturated heterocycles. The summed E-state index contributed by atoms with van der Waals surface area (Å²) in [6.45, 7) is 5.04. The van der Waals surface area contributed by atoms with E-state index in [0.717, 1.165) is 0 Å². The molecule has 1 atom stereocenters. The highest BCUT2D eigenvalue weighted by Gasteiger charge is 2.18. The molecule has 0 aliphatic carbocycles. The van der Waals surface area contributed by atoms with Crippen LogP contribution in [0.5, 0.6) is 0 Å². The third-order valence-electron chi connectivity index (χ3n) is 3.60. The number of amides is 2. The molecule has 0 aliphatic rings. The normalized spacial score (nSPS) is 12.4. The van der Waals surface area contributed by atoms with Crippen molar-refractivity contribution in [2.45, 2.75) is 37.8 Å². The Labute approximate surface area is 159 Å². The number of rotatable bonds is 7. The Kier molecular flexibility index (Phi) is 6.70. The number of sulfonamides is 1. The lowest BCUT2D eigenvalue weighted by atomic mass is 10.2. The fourth-order valence-electron chi connectivity index (χ4n) is 2.28. The molecule has 2 rings (SSSR count). The van der Waals surface area contributed by atoms with Gasteiger partial charge in [-0.3, -0.25) is 9.59 Å². The molecule has 0 bridgehead atoms. The third-order valence-corrected chi connectivity index (χ3v) is 5.27. The van der Waals surface area contributed by atoms with Gasteiger partial charge in [-0.05, 0) is 57.2 Å². The molecule has 0 saturated carbocycles. The summed E-state index contributed by atoms with van der Waals surface area (Å²) in [5.41, 5.74) is 0.897. The molecule has 0 fully saturated rings. The van der Waals surface area contributed by atoms with Crippen LogP contribution in [0.1, 0.15) is 31.1 Å². The van der Waals surface area contributed by atoms with Crippen molar-refractivity contribution >= 4 is 27.5 Å². The van der Waals surface area contributed by atoms with Crippen LogP contribution >= 0.6 is 0 Å². The maximum atomic E-state index is 12.3. The molecule has 2 aromatic carbocycles. The third kappa shape index (κ3) is 5.90. The average Bonchev–Trinajstić information content (AvgIpc) is 2.61. The van der Waals surface area contributed by atoms with E-state index in [1.165, 1.54) is 24.3 Å². The number of hydrogen-bond acceptors (Lipinski definition) is 4. The Morgan fingerprint density at radius 1 is 0.889 bits per heavy atom. The van der Waals surface area contributed by atoms with Crippen molar-refractivity contribution in [3.05, 3.63) is 60.2 Å². The largest absolute Gasteiger partial charge is 0.341 e. The van der Waals surface area contributed by atoms with Gasteiger partial charge >= 0.3 is 0 Å². The van der Waals surface area contributed by atoms with Crippen molar-refractivity contribution in [1.29, 1.82) is 0 Å². The van der Waals surface area contributed by atoms with E-state index in [1.807, 2.05) is 0 Å². The number of carbonyl (C=O) groups excluding carboxylic acids is 2. The summed E-state index contributed by atoms with van der Waals surface area (Å²) < 4.78 is 26.7. The molecule has 27 heavy (non-hydrogen) atoms. The van der Waals surface area contributed by atoms with Crippen molar-refractivity contribution in [1.82, 2.24) is 10.0 Å². The van der Waals surface area contributed by atoms with Gasteiger partial charge in [0.15, 0.2) is 0 Å². The van der Waals surface area contributed by atoms with Gasteiger partial charge < -0.3 is 10.6 Å². The van der Waals surface area contributed by atoms with E-state index in [0.29, 0.717) is 11.3 Å². The van der Waals surface area contributed by atoms with E-state index >= 15 is 0 Å². The smallest absolute Gasteiger partial charge is 0.251 e. The van der Waals surface area contributed by atoms with Crippen LogP contribution in [0, 0.1) is 0 Å². The number of hydrogen-bond donors (Lipinski definition) is 3. The predicted octanol–water partition coefficient (Wildman–Crippen LogP) is 2.13. The zero-order valence-corrected chi connectivity index (χ0v) is 16.2. The summed E-state index contributed by atoms with van der Waals surface area (Å²) in [6.07, 6.45) is 0.